The lowest BCUT2D eigenvalue weighted by atomic mass is 10.1. The number of ether oxygens (including phenoxy) is 2. The lowest BCUT2D eigenvalue weighted by Crippen LogP contribution is -2.23. The second kappa shape index (κ2) is 9.67. The molecule has 1 amide bonds. The molecule has 0 fully saturated rings. The Morgan fingerprint density at radius 2 is 1.79 bits per heavy atom. The first-order chi connectivity index (χ1) is 14.0. The second-order valence-electron chi connectivity index (χ2n) is 6.12. The van der Waals surface area contributed by atoms with Gasteiger partial charge in [0.25, 0.3) is 5.91 Å². The van der Waals surface area contributed by atoms with Gasteiger partial charge in [-0.2, -0.15) is 5.10 Å². The van der Waals surface area contributed by atoms with Crippen molar-refractivity contribution in [1.29, 1.82) is 0 Å². The van der Waals surface area contributed by atoms with Crippen molar-refractivity contribution < 1.29 is 14.3 Å². The largest absolute Gasteiger partial charge is 0.490 e. The Hall–Kier alpha value is -2.70. The highest BCUT2D eigenvalue weighted by atomic mass is 35.5. The average molecular weight is 434 g/mol. The lowest BCUT2D eigenvalue weighted by molar-refractivity contribution is 0.0946. The minimum absolute atomic E-state index is 0.277. The Morgan fingerprint density at radius 1 is 1.03 bits per heavy atom. The molecule has 0 saturated heterocycles. The van der Waals surface area contributed by atoms with Crippen LogP contribution in [0.4, 0.5) is 0 Å². The van der Waals surface area contributed by atoms with Gasteiger partial charge in [0.05, 0.1) is 23.9 Å². The number of nitrogens with one attached hydrogen (secondary N) is 2. The first-order valence-electron chi connectivity index (χ1n) is 9.19. The lowest BCUT2D eigenvalue weighted by Gasteiger charge is -2.12. The van der Waals surface area contributed by atoms with Crippen LogP contribution in [0.25, 0.3) is 11.3 Å². The van der Waals surface area contributed by atoms with Crippen LogP contribution >= 0.6 is 23.2 Å². The summed E-state index contributed by atoms with van der Waals surface area (Å²) in [5.74, 6) is 1.06. The van der Waals surface area contributed by atoms with Gasteiger partial charge in [0.1, 0.15) is 5.69 Å². The predicted octanol–water partition coefficient (Wildman–Crippen LogP) is 5.11. The molecular formula is C21H21Cl2N3O3. The van der Waals surface area contributed by atoms with E-state index in [-0.39, 0.29) is 5.91 Å². The van der Waals surface area contributed by atoms with E-state index < -0.39 is 0 Å². The SMILES string of the molecule is CCOc1ccc(CNC(=O)c2cc(-c3ccc(Cl)cc3Cl)n[nH]2)cc1OCC. The number of benzene rings is 2. The zero-order chi connectivity index (χ0) is 20.8. The summed E-state index contributed by atoms with van der Waals surface area (Å²) in [7, 11) is 0. The number of rotatable bonds is 8. The first-order valence-corrected chi connectivity index (χ1v) is 9.95. The standard InChI is InChI=1S/C21H21Cl2N3O3/c1-3-28-19-8-5-13(9-20(19)29-4-2)12-24-21(27)18-11-17(25-26-18)15-7-6-14(22)10-16(15)23/h5-11H,3-4,12H2,1-2H3,(H,24,27)(H,25,26). The molecule has 6 nitrogen and oxygen atoms in total. The Labute approximate surface area is 179 Å². The summed E-state index contributed by atoms with van der Waals surface area (Å²) in [5.41, 5.74) is 2.49. The Bertz CT molecular complexity index is 1000. The van der Waals surface area contributed by atoms with E-state index >= 15 is 0 Å². The van der Waals surface area contributed by atoms with Crippen molar-refractivity contribution in [2.75, 3.05) is 13.2 Å². The van der Waals surface area contributed by atoms with E-state index in [1.165, 1.54) is 0 Å². The maximum atomic E-state index is 12.5. The minimum Gasteiger partial charge on any atom is -0.490 e. The van der Waals surface area contributed by atoms with Crippen LogP contribution in [-0.2, 0) is 6.54 Å². The Balaban J connectivity index is 1.68. The van der Waals surface area contributed by atoms with E-state index in [0.29, 0.717) is 58.3 Å². The molecule has 0 aliphatic heterocycles. The van der Waals surface area contributed by atoms with Crippen LogP contribution in [0.2, 0.25) is 10.0 Å². The molecule has 8 heteroatoms. The number of aromatic nitrogens is 2. The molecule has 152 valence electrons. The molecule has 0 spiro atoms. The van der Waals surface area contributed by atoms with E-state index in [2.05, 4.69) is 15.5 Å². The molecule has 0 radical (unpaired) electrons. The molecule has 0 atom stereocenters. The molecule has 0 aliphatic carbocycles. The Morgan fingerprint density at radius 3 is 2.52 bits per heavy atom. The van der Waals surface area contributed by atoms with Gasteiger partial charge in [0, 0.05) is 17.1 Å². The van der Waals surface area contributed by atoms with E-state index in [4.69, 9.17) is 32.7 Å². The van der Waals surface area contributed by atoms with Crippen molar-refractivity contribution in [2.24, 2.45) is 0 Å². The van der Waals surface area contributed by atoms with Crippen molar-refractivity contribution in [2.45, 2.75) is 20.4 Å². The minimum atomic E-state index is -0.277. The molecule has 3 rings (SSSR count). The number of H-pyrrole nitrogens is 1. The van der Waals surface area contributed by atoms with Gasteiger partial charge in [-0.3, -0.25) is 9.89 Å². The summed E-state index contributed by atoms with van der Waals surface area (Å²) in [5, 5.41) is 10.8. The van der Waals surface area contributed by atoms with Gasteiger partial charge in [-0.1, -0.05) is 29.3 Å². The highest BCUT2D eigenvalue weighted by molar-refractivity contribution is 6.36. The summed E-state index contributed by atoms with van der Waals surface area (Å²) < 4.78 is 11.2. The number of halogens is 2. The van der Waals surface area contributed by atoms with Crippen LogP contribution in [0.1, 0.15) is 29.9 Å². The zero-order valence-corrected chi connectivity index (χ0v) is 17.6. The van der Waals surface area contributed by atoms with Crippen LogP contribution in [0.3, 0.4) is 0 Å². The molecule has 1 aromatic heterocycles. The van der Waals surface area contributed by atoms with Gasteiger partial charge in [-0.05, 0) is 55.8 Å². The van der Waals surface area contributed by atoms with Gasteiger partial charge < -0.3 is 14.8 Å². The number of carbonyl (C=O) groups excluding carboxylic acids is 1. The zero-order valence-electron chi connectivity index (χ0n) is 16.1. The topological polar surface area (TPSA) is 76.2 Å². The highest BCUT2D eigenvalue weighted by Gasteiger charge is 2.14. The van der Waals surface area contributed by atoms with Gasteiger partial charge in [-0.15, -0.1) is 0 Å². The monoisotopic (exact) mass is 433 g/mol. The van der Waals surface area contributed by atoms with E-state index in [0.717, 1.165) is 5.56 Å². The molecule has 2 N–H and O–H groups in total. The van der Waals surface area contributed by atoms with Crippen LogP contribution in [0, 0.1) is 0 Å². The summed E-state index contributed by atoms with van der Waals surface area (Å²) in [6.07, 6.45) is 0. The third kappa shape index (κ3) is 5.22. The number of carbonyl (C=O) groups is 1. The maximum Gasteiger partial charge on any atom is 0.269 e. The fourth-order valence-electron chi connectivity index (χ4n) is 2.76. The Kier molecular flexibility index (Phi) is 7.01. The van der Waals surface area contributed by atoms with E-state index in [1.807, 2.05) is 32.0 Å². The summed E-state index contributed by atoms with van der Waals surface area (Å²) in [6, 6.07) is 12.4. The fourth-order valence-corrected chi connectivity index (χ4v) is 3.26. The van der Waals surface area contributed by atoms with Gasteiger partial charge in [0.15, 0.2) is 11.5 Å². The third-order valence-corrected chi connectivity index (χ3v) is 4.64. The second-order valence-corrected chi connectivity index (χ2v) is 6.96. The number of aromatic amines is 1. The maximum absolute atomic E-state index is 12.5. The normalized spacial score (nSPS) is 10.6. The van der Waals surface area contributed by atoms with Crippen LogP contribution in [0.15, 0.2) is 42.5 Å². The van der Waals surface area contributed by atoms with Crippen LogP contribution in [0.5, 0.6) is 11.5 Å². The highest BCUT2D eigenvalue weighted by Crippen LogP contribution is 2.30. The summed E-state index contributed by atoms with van der Waals surface area (Å²) >= 11 is 12.1. The molecule has 3 aromatic rings. The third-order valence-electron chi connectivity index (χ3n) is 4.09. The smallest absolute Gasteiger partial charge is 0.269 e. The van der Waals surface area contributed by atoms with Crippen molar-refractivity contribution >= 4 is 29.1 Å². The molecular weight excluding hydrogens is 413 g/mol. The van der Waals surface area contributed by atoms with Gasteiger partial charge >= 0.3 is 0 Å². The van der Waals surface area contributed by atoms with Gasteiger partial charge in [-0.25, -0.2) is 0 Å². The molecule has 0 saturated carbocycles. The molecule has 29 heavy (non-hydrogen) atoms. The van der Waals surface area contributed by atoms with Gasteiger partial charge in [0.2, 0.25) is 0 Å². The van der Waals surface area contributed by atoms with E-state index in [1.54, 1.807) is 24.3 Å². The van der Waals surface area contributed by atoms with Crippen molar-refractivity contribution in [1.82, 2.24) is 15.5 Å². The van der Waals surface area contributed by atoms with Crippen LogP contribution < -0.4 is 14.8 Å². The first kappa shape index (κ1) is 21.0. The molecule has 0 aliphatic rings. The molecule has 1 heterocycles. The number of amides is 1. The fraction of sp³-hybridized carbons (Fsp3) is 0.238. The van der Waals surface area contributed by atoms with Crippen molar-refractivity contribution in [3.8, 4) is 22.8 Å². The average Bonchev–Trinajstić information content (AvgIpc) is 3.18. The molecule has 0 unspecified atom stereocenters. The quantitative estimate of drug-likeness (QED) is 0.517. The number of hydrogen-bond acceptors (Lipinski definition) is 4. The van der Waals surface area contributed by atoms with Crippen molar-refractivity contribution in [3.63, 3.8) is 0 Å². The summed E-state index contributed by atoms with van der Waals surface area (Å²) in [4.78, 5) is 12.5. The van der Waals surface area contributed by atoms with Crippen LogP contribution in [-0.4, -0.2) is 29.3 Å². The number of hydrogen-bond donors (Lipinski definition) is 2. The summed E-state index contributed by atoms with van der Waals surface area (Å²) in [6.45, 7) is 5.24. The number of nitrogens with zero attached hydrogens (tertiary/aromatic N) is 1. The van der Waals surface area contributed by atoms with E-state index in [9.17, 15) is 4.79 Å². The van der Waals surface area contributed by atoms with Crippen molar-refractivity contribution in [3.05, 3.63) is 63.8 Å². The predicted molar refractivity (Wildman–Crippen MR) is 114 cm³/mol. The molecule has 0 bridgehead atoms. The molecule has 2 aromatic carbocycles.